The highest BCUT2D eigenvalue weighted by atomic mass is 32.1. The minimum Gasteiger partial charge on any atom is -0.493 e. The van der Waals surface area contributed by atoms with Crippen molar-refractivity contribution in [2.24, 2.45) is 0 Å². The van der Waals surface area contributed by atoms with E-state index in [9.17, 15) is 0 Å². The molecule has 8 nitrogen and oxygen atoms in total. The van der Waals surface area contributed by atoms with Crippen molar-refractivity contribution in [2.75, 3.05) is 21.3 Å². The molecule has 152 valence electrons. The summed E-state index contributed by atoms with van der Waals surface area (Å²) in [5, 5.41) is 5.70. The van der Waals surface area contributed by atoms with E-state index in [1.54, 1.807) is 43.5 Å². The number of methoxy groups -OCH3 is 3. The third-order valence-corrected chi connectivity index (χ3v) is 6.08. The molecule has 5 aromatic rings. The molecule has 0 N–H and O–H groups in total. The molecule has 9 heteroatoms. The third kappa shape index (κ3) is 2.66. The molecule has 0 aliphatic carbocycles. The van der Waals surface area contributed by atoms with E-state index in [4.69, 9.17) is 19.2 Å². The number of hydrogen-bond acceptors (Lipinski definition) is 8. The van der Waals surface area contributed by atoms with Gasteiger partial charge in [0.1, 0.15) is 15.9 Å². The molecule has 0 saturated heterocycles. The Morgan fingerprint density at radius 2 is 1.67 bits per heavy atom. The van der Waals surface area contributed by atoms with Gasteiger partial charge in [0.05, 0.1) is 26.8 Å². The highest BCUT2D eigenvalue weighted by Gasteiger charge is 2.19. The van der Waals surface area contributed by atoms with Gasteiger partial charge in [-0.25, -0.2) is 19.5 Å². The number of thiophene rings is 1. The van der Waals surface area contributed by atoms with E-state index in [-0.39, 0.29) is 0 Å². The minimum atomic E-state index is 0.526. The van der Waals surface area contributed by atoms with E-state index in [1.807, 2.05) is 19.1 Å². The molecule has 0 aliphatic rings. The molecular weight excluding hydrogens is 402 g/mol. The quantitative estimate of drug-likeness (QED) is 0.430. The molecule has 5 rings (SSSR count). The highest BCUT2D eigenvalue weighted by Crippen LogP contribution is 2.41. The van der Waals surface area contributed by atoms with Crippen LogP contribution in [-0.2, 0) is 0 Å². The Balaban J connectivity index is 1.76. The van der Waals surface area contributed by atoms with Crippen molar-refractivity contribution in [1.82, 2.24) is 24.6 Å². The maximum atomic E-state index is 5.46. The number of nitrogens with zero attached hydrogens (tertiary/aromatic N) is 5. The number of hydrogen-bond donors (Lipinski definition) is 0. The van der Waals surface area contributed by atoms with Crippen molar-refractivity contribution in [3.63, 3.8) is 0 Å². The lowest BCUT2D eigenvalue weighted by Crippen LogP contribution is -1.96. The van der Waals surface area contributed by atoms with Crippen LogP contribution in [0.2, 0.25) is 0 Å². The molecule has 30 heavy (non-hydrogen) atoms. The lowest BCUT2D eigenvalue weighted by Gasteiger charge is -2.12. The second-order valence-electron chi connectivity index (χ2n) is 6.90. The Labute approximate surface area is 176 Å². The van der Waals surface area contributed by atoms with Crippen molar-refractivity contribution in [1.29, 1.82) is 0 Å². The first-order valence-corrected chi connectivity index (χ1v) is 10.1. The van der Waals surface area contributed by atoms with Gasteiger partial charge in [0.15, 0.2) is 23.0 Å². The van der Waals surface area contributed by atoms with Crippen LogP contribution in [0.5, 0.6) is 17.2 Å². The topological polar surface area (TPSA) is 83.7 Å². The molecule has 0 saturated carbocycles. The lowest BCUT2D eigenvalue weighted by molar-refractivity contribution is 0.324. The molecule has 0 unspecified atom stereocenters. The predicted molar refractivity (Wildman–Crippen MR) is 116 cm³/mol. The predicted octanol–water partition coefficient (Wildman–Crippen LogP) is 4.20. The largest absolute Gasteiger partial charge is 0.493 e. The third-order valence-electron chi connectivity index (χ3n) is 5.02. The van der Waals surface area contributed by atoms with Crippen molar-refractivity contribution in [3.05, 3.63) is 35.8 Å². The molecule has 0 spiro atoms. The van der Waals surface area contributed by atoms with E-state index >= 15 is 0 Å². The summed E-state index contributed by atoms with van der Waals surface area (Å²) < 4.78 is 19.0. The van der Waals surface area contributed by atoms with E-state index < -0.39 is 0 Å². The van der Waals surface area contributed by atoms with E-state index in [1.165, 1.54) is 0 Å². The molecule has 0 atom stereocenters. The average molecular weight is 421 g/mol. The molecule has 0 bridgehead atoms. The molecule has 0 aliphatic heterocycles. The number of pyridine rings is 1. The summed E-state index contributed by atoms with van der Waals surface area (Å²) in [6.45, 7) is 4.08. The Hall–Kier alpha value is -3.46. The molecule has 1 aromatic carbocycles. The minimum absolute atomic E-state index is 0.526. The van der Waals surface area contributed by atoms with Crippen LogP contribution in [0.25, 0.3) is 37.5 Å². The lowest BCUT2D eigenvalue weighted by atomic mass is 10.1. The van der Waals surface area contributed by atoms with Crippen molar-refractivity contribution in [3.8, 4) is 28.6 Å². The summed E-state index contributed by atoms with van der Waals surface area (Å²) in [5.41, 5.74) is 4.54. The van der Waals surface area contributed by atoms with Gasteiger partial charge in [-0.1, -0.05) is 0 Å². The van der Waals surface area contributed by atoms with Crippen molar-refractivity contribution >= 4 is 37.4 Å². The van der Waals surface area contributed by atoms with Crippen LogP contribution < -0.4 is 14.2 Å². The average Bonchev–Trinajstić information content (AvgIpc) is 3.33. The van der Waals surface area contributed by atoms with Crippen molar-refractivity contribution in [2.45, 2.75) is 13.8 Å². The fourth-order valence-corrected chi connectivity index (χ4v) is 4.93. The fourth-order valence-electron chi connectivity index (χ4n) is 3.70. The Kier molecular flexibility index (Phi) is 4.21. The smallest absolute Gasteiger partial charge is 0.203 e. The van der Waals surface area contributed by atoms with Gasteiger partial charge in [-0.05, 0) is 37.6 Å². The van der Waals surface area contributed by atoms with Gasteiger partial charge < -0.3 is 14.2 Å². The molecule has 0 amide bonds. The number of benzene rings is 1. The van der Waals surface area contributed by atoms with Gasteiger partial charge in [0.2, 0.25) is 5.75 Å². The van der Waals surface area contributed by atoms with Crippen molar-refractivity contribution < 1.29 is 14.2 Å². The van der Waals surface area contributed by atoms with Gasteiger partial charge in [-0.3, -0.25) is 0 Å². The zero-order chi connectivity index (χ0) is 21.0. The summed E-state index contributed by atoms with van der Waals surface area (Å²) in [7, 11) is 4.74. The van der Waals surface area contributed by atoms with Crippen LogP contribution in [-0.4, -0.2) is 45.9 Å². The summed E-state index contributed by atoms with van der Waals surface area (Å²) in [6.07, 6.45) is 1.69. The van der Waals surface area contributed by atoms with Crippen LogP contribution in [0, 0.1) is 13.8 Å². The Morgan fingerprint density at radius 1 is 0.933 bits per heavy atom. The maximum Gasteiger partial charge on any atom is 0.203 e. The van der Waals surface area contributed by atoms with Gasteiger partial charge in [-0.15, -0.1) is 16.4 Å². The van der Waals surface area contributed by atoms with Gasteiger partial charge in [0, 0.05) is 16.6 Å². The molecule has 4 heterocycles. The molecule has 0 radical (unpaired) electrons. The number of aromatic nitrogens is 5. The van der Waals surface area contributed by atoms with Gasteiger partial charge >= 0.3 is 0 Å². The van der Waals surface area contributed by atoms with E-state index in [2.05, 4.69) is 28.1 Å². The van der Waals surface area contributed by atoms with E-state index in [0.717, 1.165) is 42.9 Å². The number of aryl methyl sites for hydroxylation is 2. The summed E-state index contributed by atoms with van der Waals surface area (Å²) in [4.78, 5) is 15.1. The first-order chi connectivity index (χ1) is 14.5. The number of fused-ring (bicyclic) bond motifs is 5. The van der Waals surface area contributed by atoms with E-state index in [0.29, 0.717) is 23.1 Å². The Morgan fingerprint density at radius 3 is 2.33 bits per heavy atom. The molecular formula is C21H19N5O3S. The SMILES string of the molecule is COc1cc(-c2nc3c4sc5nc(C)cc(C)c5c4ncn3n2)cc(OC)c1OC. The second-order valence-corrected chi connectivity index (χ2v) is 7.90. The van der Waals surface area contributed by atoms with Crippen LogP contribution in [0.4, 0.5) is 0 Å². The summed E-state index contributed by atoms with van der Waals surface area (Å²) >= 11 is 1.58. The maximum absolute atomic E-state index is 5.46. The normalized spacial score (nSPS) is 11.5. The molecule has 0 fully saturated rings. The van der Waals surface area contributed by atoms with Gasteiger partial charge in [-0.2, -0.15) is 0 Å². The first-order valence-electron chi connectivity index (χ1n) is 9.26. The number of rotatable bonds is 4. The second kappa shape index (κ2) is 6.81. The highest BCUT2D eigenvalue weighted by molar-refractivity contribution is 7.26. The van der Waals surface area contributed by atoms with Crippen LogP contribution in [0.15, 0.2) is 24.5 Å². The fraction of sp³-hybridized carbons (Fsp3) is 0.238. The summed E-state index contributed by atoms with van der Waals surface area (Å²) in [5.74, 6) is 2.16. The summed E-state index contributed by atoms with van der Waals surface area (Å²) in [6, 6.07) is 5.74. The monoisotopic (exact) mass is 421 g/mol. The first kappa shape index (κ1) is 18.6. The molecule has 4 aromatic heterocycles. The zero-order valence-electron chi connectivity index (χ0n) is 17.2. The standard InChI is InChI=1S/C21H19N5O3S/c1-10-6-11(2)23-21-15(10)16-18(30-21)20-24-19(25-26(20)9-22-16)12-7-13(27-3)17(29-5)14(8-12)28-4/h6-9H,1-5H3. The Bertz CT molecular complexity index is 1410. The van der Waals surface area contributed by atoms with Gasteiger partial charge in [0.25, 0.3) is 0 Å². The zero-order valence-corrected chi connectivity index (χ0v) is 18.0. The van der Waals surface area contributed by atoms with Crippen LogP contribution >= 0.6 is 11.3 Å². The number of ether oxygens (including phenoxy) is 3. The van der Waals surface area contributed by atoms with Crippen LogP contribution in [0.3, 0.4) is 0 Å². The van der Waals surface area contributed by atoms with Crippen LogP contribution in [0.1, 0.15) is 11.3 Å².